The van der Waals surface area contributed by atoms with Crippen LogP contribution in [-0.4, -0.2) is 5.97 Å². The zero-order valence-electron chi connectivity index (χ0n) is 18.9. The van der Waals surface area contributed by atoms with E-state index in [2.05, 4.69) is 13.5 Å². The Balaban J connectivity index is 1.86. The predicted molar refractivity (Wildman–Crippen MR) is 126 cm³/mol. The van der Waals surface area contributed by atoms with E-state index in [0.29, 0.717) is 13.0 Å². The van der Waals surface area contributed by atoms with Gasteiger partial charge in [0.15, 0.2) is 0 Å². The van der Waals surface area contributed by atoms with E-state index in [4.69, 9.17) is 4.74 Å². The second-order valence-electron chi connectivity index (χ2n) is 8.26. The molecule has 0 radical (unpaired) electrons. The van der Waals surface area contributed by atoms with E-state index < -0.39 is 0 Å². The van der Waals surface area contributed by atoms with Gasteiger partial charge in [0.2, 0.25) is 0 Å². The Morgan fingerprint density at radius 3 is 1.79 bits per heavy atom. The van der Waals surface area contributed by atoms with Crippen molar-refractivity contribution in [3.8, 4) is 0 Å². The molecule has 0 aliphatic rings. The Kier molecular flexibility index (Phi) is 16.2. The smallest absolute Gasteiger partial charge is 0.306 e. The average Bonchev–Trinajstić information content (AvgIpc) is 2.75. The van der Waals surface area contributed by atoms with Crippen LogP contribution in [0, 0.1) is 0 Å². The van der Waals surface area contributed by atoms with Crippen molar-refractivity contribution in [2.45, 2.75) is 116 Å². The third-order valence-electron chi connectivity index (χ3n) is 5.65. The first-order chi connectivity index (χ1) is 14.3. The van der Waals surface area contributed by atoms with Crippen molar-refractivity contribution < 1.29 is 9.53 Å². The molecule has 1 aromatic rings. The normalized spacial score (nSPS) is 10.8. The highest BCUT2D eigenvalue weighted by Crippen LogP contribution is 2.15. The summed E-state index contributed by atoms with van der Waals surface area (Å²) in [7, 11) is 0. The number of rotatable bonds is 19. The van der Waals surface area contributed by atoms with Crippen LogP contribution in [0.1, 0.15) is 121 Å². The van der Waals surface area contributed by atoms with Crippen molar-refractivity contribution in [3.63, 3.8) is 0 Å². The van der Waals surface area contributed by atoms with E-state index in [1.165, 1.54) is 83.5 Å². The maximum atomic E-state index is 11.9. The minimum atomic E-state index is -0.0847. The first-order valence-corrected chi connectivity index (χ1v) is 12.1. The lowest BCUT2D eigenvalue weighted by atomic mass is 10.0. The Labute approximate surface area is 180 Å². The van der Waals surface area contributed by atoms with Crippen molar-refractivity contribution in [1.82, 2.24) is 0 Å². The van der Waals surface area contributed by atoms with Crippen molar-refractivity contribution in [3.05, 3.63) is 42.0 Å². The third kappa shape index (κ3) is 14.1. The maximum Gasteiger partial charge on any atom is 0.306 e. The number of hydrogen-bond acceptors (Lipinski definition) is 2. The fourth-order valence-electron chi connectivity index (χ4n) is 3.74. The standard InChI is InChI=1S/C27H44O2/c1-3-5-6-7-8-9-10-11-12-13-14-15-16-17-18-23-27(28)29-24-26-22-20-19-21-25(26)4-2/h4,19-22H,2-3,5-18,23-24H2,1H3. The zero-order valence-corrected chi connectivity index (χ0v) is 18.9. The van der Waals surface area contributed by atoms with Gasteiger partial charge in [0.1, 0.15) is 6.61 Å². The number of carbonyl (C=O) groups excluding carboxylic acids is 1. The summed E-state index contributed by atoms with van der Waals surface area (Å²) in [5, 5.41) is 0. The van der Waals surface area contributed by atoms with Gasteiger partial charge in [-0.25, -0.2) is 0 Å². The molecule has 0 N–H and O–H groups in total. The van der Waals surface area contributed by atoms with E-state index in [9.17, 15) is 4.79 Å². The van der Waals surface area contributed by atoms with Crippen LogP contribution in [0.2, 0.25) is 0 Å². The predicted octanol–water partition coefficient (Wildman–Crippen LogP) is 8.63. The summed E-state index contributed by atoms with van der Waals surface area (Å²) < 4.78 is 5.40. The SMILES string of the molecule is C=Cc1ccccc1COC(=O)CCCCCCCCCCCCCCCCC. The number of unbranched alkanes of at least 4 members (excludes halogenated alkanes) is 14. The topological polar surface area (TPSA) is 26.3 Å². The molecule has 0 aromatic heterocycles. The maximum absolute atomic E-state index is 11.9. The van der Waals surface area contributed by atoms with Crippen molar-refractivity contribution in [1.29, 1.82) is 0 Å². The van der Waals surface area contributed by atoms with Gasteiger partial charge in [-0.1, -0.05) is 134 Å². The minimum absolute atomic E-state index is 0.0847. The monoisotopic (exact) mass is 400 g/mol. The molecule has 0 amide bonds. The molecule has 1 rings (SSSR count). The Hall–Kier alpha value is -1.57. The lowest BCUT2D eigenvalue weighted by Gasteiger charge is -2.07. The molecule has 0 heterocycles. The number of carbonyl (C=O) groups is 1. The molecule has 1 aromatic carbocycles. The quantitative estimate of drug-likeness (QED) is 0.171. The molecular formula is C27H44O2. The molecule has 2 nitrogen and oxygen atoms in total. The van der Waals surface area contributed by atoms with Crippen molar-refractivity contribution in [2.75, 3.05) is 0 Å². The first kappa shape index (κ1) is 25.5. The summed E-state index contributed by atoms with van der Waals surface area (Å²) in [5.41, 5.74) is 2.06. The second kappa shape index (κ2) is 18.5. The van der Waals surface area contributed by atoms with Crippen LogP contribution in [0.25, 0.3) is 6.08 Å². The van der Waals surface area contributed by atoms with Gasteiger partial charge < -0.3 is 4.74 Å². The molecule has 0 aliphatic heterocycles. The first-order valence-electron chi connectivity index (χ1n) is 12.1. The van der Waals surface area contributed by atoms with Crippen LogP contribution < -0.4 is 0 Å². The average molecular weight is 401 g/mol. The van der Waals surface area contributed by atoms with Crippen LogP contribution >= 0.6 is 0 Å². The molecule has 2 heteroatoms. The van der Waals surface area contributed by atoms with E-state index in [-0.39, 0.29) is 5.97 Å². The van der Waals surface area contributed by atoms with Gasteiger partial charge in [-0.05, 0) is 17.5 Å². The molecule has 164 valence electrons. The summed E-state index contributed by atoms with van der Waals surface area (Å²) in [6.45, 7) is 6.43. The second-order valence-corrected chi connectivity index (χ2v) is 8.26. The third-order valence-corrected chi connectivity index (χ3v) is 5.65. The fraction of sp³-hybridized carbons (Fsp3) is 0.667. The highest BCUT2D eigenvalue weighted by Gasteiger charge is 2.05. The van der Waals surface area contributed by atoms with Gasteiger partial charge in [-0.3, -0.25) is 4.79 Å². The lowest BCUT2D eigenvalue weighted by Crippen LogP contribution is -2.05. The summed E-state index contributed by atoms with van der Waals surface area (Å²) >= 11 is 0. The van der Waals surface area contributed by atoms with Gasteiger partial charge in [0.25, 0.3) is 0 Å². The Morgan fingerprint density at radius 2 is 1.28 bits per heavy atom. The van der Waals surface area contributed by atoms with Crippen LogP contribution in [0.15, 0.2) is 30.8 Å². The van der Waals surface area contributed by atoms with Crippen LogP contribution in [0.5, 0.6) is 0 Å². The number of benzene rings is 1. The van der Waals surface area contributed by atoms with Gasteiger partial charge in [0.05, 0.1) is 0 Å². The van der Waals surface area contributed by atoms with Gasteiger partial charge in [-0.2, -0.15) is 0 Å². The molecule has 0 fully saturated rings. The van der Waals surface area contributed by atoms with Gasteiger partial charge >= 0.3 is 5.97 Å². The zero-order chi connectivity index (χ0) is 21.0. The Morgan fingerprint density at radius 1 is 0.793 bits per heavy atom. The fourth-order valence-corrected chi connectivity index (χ4v) is 3.74. The lowest BCUT2D eigenvalue weighted by molar-refractivity contribution is -0.145. The van der Waals surface area contributed by atoms with E-state index in [1.54, 1.807) is 6.08 Å². The molecule has 0 spiro atoms. The number of esters is 1. The summed E-state index contributed by atoms with van der Waals surface area (Å²) in [4.78, 5) is 11.9. The molecule has 0 saturated carbocycles. The Bertz CT molecular complexity index is 535. The van der Waals surface area contributed by atoms with Crippen LogP contribution in [0.3, 0.4) is 0 Å². The van der Waals surface area contributed by atoms with E-state index in [1.807, 2.05) is 24.3 Å². The molecule has 0 unspecified atom stereocenters. The molecule has 29 heavy (non-hydrogen) atoms. The molecule has 0 atom stereocenters. The van der Waals surface area contributed by atoms with Crippen LogP contribution in [-0.2, 0) is 16.1 Å². The summed E-state index contributed by atoms with van der Waals surface area (Å²) in [6.07, 6.45) is 22.4. The number of ether oxygens (including phenoxy) is 1. The molecule has 0 aliphatic carbocycles. The van der Waals surface area contributed by atoms with Crippen molar-refractivity contribution in [2.24, 2.45) is 0 Å². The van der Waals surface area contributed by atoms with E-state index in [0.717, 1.165) is 24.0 Å². The van der Waals surface area contributed by atoms with Gasteiger partial charge in [0, 0.05) is 6.42 Å². The molecule has 0 saturated heterocycles. The van der Waals surface area contributed by atoms with Gasteiger partial charge in [-0.15, -0.1) is 0 Å². The molecule has 0 bridgehead atoms. The van der Waals surface area contributed by atoms with Crippen molar-refractivity contribution >= 4 is 12.0 Å². The highest BCUT2D eigenvalue weighted by atomic mass is 16.5. The van der Waals surface area contributed by atoms with Crippen LogP contribution in [0.4, 0.5) is 0 Å². The summed E-state index contributed by atoms with van der Waals surface area (Å²) in [6, 6.07) is 7.91. The minimum Gasteiger partial charge on any atom is -0.461 e. The summed E-state index contributed by atoms with van der Waals surface area (Å²) in [5.74, 6) is -0.0847. The molecular weight excluding hydrogens is 356 g/mol. The largest absolute Gasteiger partial charge is 0.461 e. The highest BCUT2D eigenvalue weighted by molar-refractivity contribution is 5.69. The number of hydrogen-bond donors (Lipinski definition) is 0. The van der Waals surface area contributed by atoms with E-state index >= 15 is 0 Å².